The van der Waals surface area contributed by atoms with E-state index < -0.39 is 0 Å². The van der Waals surface area contributed by atoms with Crippen molar-refractivity contribution in [2.75, 3.05) is 6.54 Å². The van der Waals surface area contributed by atoms with E-state index in [2.05, 4.69) is 0 Å². The quantitative estimate of drug-likeness (QED) is 0.826. The standard InChI is InChI=1S/C18H25NO2/c20-18(21-14-15-8-2-1-3-9-15)19-13-7-6-12-17(19)16-10-4-5-11-16/h1-3,8-9,16-17H,4-7,10-14H2/t17-/m0/s1. The van der Waals surface area contributed by atoms with Crippen LogP contribution in [0.15, 0.2) is 30.3 Å². The van der Waals surface area contributed by atoms with E-state index in [1.165, 1.54) is 32.1 Å². The minimum absolute atomic E-state index is 0.115. The van der Waals surface area contributed by atoms with Crippen LogP contribution < -0.4 is 0 Å². The van der Waals surface area contributed by atoms with E-state index in [0.717, 1.165) is 24.9 Å². The SMILES string of the molecule is O=C(OCc1ccccc1)N1CCCC[C@H]1C1CCCC1. The molecule has 21 heavy (non-hydrogen) atoms. The number of nitrogens with zero attached hydrogens (tertiary/aromatic N) is 1. The second-order valence-corrected chi connectivity index (χ2v) is 6.34. The van der Waals surface area contributed by atoms with Gasteiger partial charge in [0.15, 0.2) is 0 Å². The second kappa shape index (κ2) is 6.97. The van der Waals surface area contributed by atoms with Crippen molar-refractivity contribution in [3.05, 3.63) is 35.9 Å². The molecule has 1 aliphatic heterocycles. The molecule has 0 unspecified atom stereocenters. The molecule has 2 aliphatic rings. The van der Waals surface area contributed by atoms with Gasteiger partial charge in [-0.25, -0.2) is 4.79 Å². The van der Waals surface area contributed by atoms with Crippen LogP contribution in [-0.2, 0) is 11.3 Å². The first kappa shape index (κ1) is 14.4. The van der Waals surface area contributed by atoms with Gasteiger partial charge in [-0.3, -0.25) is 0 Å². The van der Waals surface area contributed by atoms with E-state index >= 15 is 0 Å². The summed E-state index contributed by atoms with van der Waals surface area (Å²) >= 11 is 0. The van der Waals surface area contributed by atoms with Crippen LogP contribution in [0.3, 0.4) is 0 Å². The molecule has 0 N–H and O–H groups in total. The average Bonchev–Trinajstić information content (AvgIpc) is 3.08. The molecule has 3 rings (SSSR count). The van der Waals surface area contributed by atoms with E-state index in [4.69, 9.17) is 4.74 Å². The Bertz CT molecular complexity index is 454. The molecule has 0 spiro atoms. The highest BCUT2D eigenvalue weighted by Crippen LogP contribution is 2.35. The van der Waals surface area contributed by atoms with Crippen LogP contribution in [0.1, 0.15) is 50.5 Å². The van der Waals surface area contributed by atoms with E-state index in [-0.39, 0.29) is 6.09 Å². The van der Waals surface area contributed by atoms with Gasteiger partial charge in [-0.05, 0) is 43.6 Å². The minimum Gasteiger partial charge on any atom is -0.445 e. The van der Waals surface area contributed by atoms with Crippen molar-refractivity contribution >= 4 is 6.09 Å². The maximum atomic E-state index is 12.4. The number of amides is 1. The summed E-state index contributed by atoms with van der Waals surface area (Å²) in [6.07, 6.45) is 8.64. The number of carbonyl (C=O) groups is 1. The Morgan fingerprint density at radius 1 is 1.05 bits per heavy atom. The smallest absolute Gasteiger partial charge is 0.410 e. The molecule has 1 heterocycles. The topological polar surface area (TPSA) is 29.5 Å². The van der Waals surface area contributed by atoms with Gasteiger partial charge in [0.05, 0.1) is 0 Å². The molecule has 1 aromatic carbocycles. The monoisotopic (exact) mass is 287 g/mol. The lowest BCUT2D eigenvalue weighted by molar-refractivity contribution is 0.0522. The summed E-state index contributed by atoms with van der Waals surface area (Å²) in [7, 11) is 0. The van der Waals surface area contributed by atoms with Gasteiger partial charge in [0, 0.05) is 12.6 Å². The summed E-state index contributed by atoms with van der Waals surface area (Å²) in [5, 5.41) is 0. The Labute approximate surface area is 127 Å². The summed E-state index contributed by atoms with van der Waals surface area (Å²) < 4.78 is 5.54. The van der Waals surface area contributed by atoms with E-state index in [1.54, 1.807) is 0 Å². The van der Waals surface area contributed by atoms with Crippen molar-refractivity contribution < 1.29 is 9.53 Å². The number of hydrogen-bond acceptors (Lipinski definition) is 2. The third-order valence-electron chi connectivity index (χ3n) is 4.93. The lowest BCUT2D eigenvalue weighted by Gasteiger charge is -2.38. The predicted octanol–water partition coefficient (Wildman–Crippen LogP) is 4.37. The van der Waals surface area contributed by atoms with Crippen LogP contribution in [0.2, 0.25) is 0 Å². The van der Waals surface area contributed by atoms with E-state index in [9.17, 15) is 4.79 Å². The Morgan fingerprint density at radius 3 is 2.52 bits per heavy atom. The molecule has 1 aliphatic carbocycles. The third-order valence-corrected chi connectivity index (χ3v) is 4.93. The zero-order valence-corrected chi connectivity index (χ0v) is 12.7. The van der Waals surface area contributed by atoms with Crippen molar-refractivity contribution in [1.29, 1.82) is 0 Å². The van der Waals surface area contributed by atoms with Crippen molar-refractivity contribution in [3.8, 4) is 0 Å². The molecule has 1 saturated carbocycles. The molecule has 1 saturated heterocycles. The molecule has 0 radical (unpaired) electrons. The molecule has 0 aromatic heterocycles. The maximum Gasteiger partial charge on any atom is 0.410 e. The second-order valence-electron chi connectivity index (χ2n) is 6.34. The van der Waals surface area contributed by atoms with Crippen molar-refractivity contribution in [1.82, 2.24) is 4.90 Å². The van der Waals surface area contributed by atoms with Gasteiger partial charge in [0.1, 0.15) is 6.61 Å². The van der Waals surface area contributed by atoms with Crippen molar-refractivity contribution in [2.24, 2.45) is 5.92 Å². The number of benzene rings is 1. The van der Waals surface area contributed by atoms with Crippen molar-refractivity contribution in [3.63, 3.8) is 0 Å². The normalized spacial score (nSPS) is 23.2. The lowest BCUT2D eigenvalue weighted by Crippen LogP contribution is -2.47. The first-order valence-electron chi connectivity index (χ1n) is 8.32. The third kappa shape index (κ3) is 3.58. The molecule has 114 valence electrons. The number of ether oxygens (including phenoxy) is 1. The van der Waals surface area contributed by atoms with E-state index in [0.29, 0.717) is 18.6 Å². The van der Waals surface area contributed by atoms with Gasteiger partial charge < -0.3 is 9.64 Å². The summed E-state index contributed by atoms with van der Waals surface area (Å²) in [4.78, 5) is 14.5. The molecule has 2 fully saturated rings. The molecule has 1 amide bonds. The Morgan fingerprint density at radius 2 is 1.76 bits per heavy atom. The number of carbonyl (C=O) groups excluding carboxylic acids is 1. The van der Waals surface area contributed by atoms with Crippen LogP contribution >= 0.6 is 0 Å². The van der Waals surface area contributed by atoms with Gasteiger partial charge in [-0.15, -0.1) is 0 Å². The van der Waals surface area contributed by atoms with Gasteiger partial charge in [-0.2, -0.15) is 0 Å². The first-order valence-corrected chi connectivity index (χ1v) is 8.32. The Kier molecular flexibility index (Phi) is 4.79. The highest BCUT2D eigenvalue weighted by Gasteiger charge is 2.34. The zero-order valence-electron chi connectivity index (χ0n) is 12.7. The Balaban J connectivity index is 1.58. The van der Waals surface area contributed by atoms with E-state index in [1.807, 2.05) is 35.2 Å². The molecular formula is C18H25NO2. The number of likely N-dealkylation sites (tertiary alicyclic amines) is 1. The highest BCUT2D eigenvalue weighted by molar-refractivity contribution is 5.68. The lowest BCUT2D eigenvalue weighted by atomic mass is 9.89. The van der Waals surface area contributed by atoms with Gasteiger partial charge in [-0.1, -0.05) is 43.2 Å². The molecular weight excluding hydrogens is 262 g/mol. The average molecular weight is 287 g/mol. The molecule has 0 bridgehead atoms. The molecule has 1 atom stereocenters. The molecule has 3 heteroatoms. The van der Waals surface area contributed by atoms with Crippen LogP contribution in [0.4, 0.5) is 4.79 Å². The van der Waals surface area contributed by atoms with Gasteiger partial charge in [0.25, 0.3) is 0 Å². The van der Waals surface area contributed by atoms with Crippen molar-refractivity contribution in [2.45, 2.75) is 57.6 Å². The maximum absolute atomic E-state index is 12.4. The summed E-state index contributed by atoms with van der Waals surface area (Å²) in [5.41, 5.74) is 1.06. The zero-order chi connectivity index (χ0) is 14.5. The minimum atomic E-state index is -0.115. The Hall–Kier alpha value is -1.51. The number of hydrogen-bond donors (Lipinski definition) is 0. The van der Waals surface area contributed by atoms with Crippen LogP contribution in [-0.4, -0.2) is 23.6 Å². The summed E-state index contributed by atoms with van der Waals surface area (Å²) in [6.45, 7) is 1.25. The van der Waals surface area contributed by atoms with Crippen LogP contribution in [0.5, 0.6) is 0 Å². The fourth-order valence-electron chi connectivity index (χ4n) is 3.82. The molecule has 1 aromatic rings. The fourth-order valence-corrected chi connectivity index (χ4v) is 3.82. The first-order chi connectivity index (χ1) is 10.3. The van der Waals surface area contributed by atoms with Gasteiger partial charge >= 0.3 is 6.09 Å². The van der Waals surface area contributed by atoms with Gasteiger partial charge in [0.2, 0.25) is 0 Å². The van der Waals surface area contributed by atoms with Crippen LogP contribution in [0, 0.1) is 5.92 Å². The molecule has 3 nitrogen and oxygen atoms in total. The predicted molar refractivity (Wildman–Crippen MR) is 82.9 cm³/mol. The summed E-state index contributed by atoms with van der Waals surface area (Å²) in [5.74, 6) is 0.703. The highest BCUT2D eigenvalue weighted by atomic mass is 16.6. The number of piperidine rings is 1. The number of rotatable bonds is 3. The fraction of sp³-hybridized carbons (Fsp3) is 0.611. The summed E-state index contributed by atoms with van der Waals surface area (Å²) in [6, 6.07) is 10.4. The largest absolute Gasteiger partial charge is 0.445 e. The van der Waals surface area contributed by atoms with Crippen LogP contribution in [0.25, 0.3) is 0 Å².